The number of carbonyl (C=O) groups is 2. The van der Waals surface area contributed by atoms with Crippen molar-refractivity contribution in [2.45, 2.75) is 59.3 Å². The molecule has 10 heteroatoms. The van der Waals surface area contributed by atoms with E-state index >= 15 is 0 Å². The van der Waals surface area contributed by atoms with E-state index in [0.717, 1.165) is 16.0 Å². The zero-order chi connectivity index (χ0) is 28.6. The normalized spacial score (nSPS) is 12.8. The third-order valence-corrected chi connectivity index (χ3v) is 6.99. The smallest absolute Gasteiger partial charge is 0.250 e. The Morgan fingerprint density at radius 3 is 2.44 bits per heavy atom. The Morgan fingerprint density at radius 2 is 1.77 bits per heavy atom. The highest BCUT2D eigenvalue weighted by Crippen LogP contribution is 2.34. The van der Waals surface area contributed by atoms with Crippen LogP contribution in [0.1, 0.15) is 46.1 Å². The van der Waals surface area contributed by atoms with Crippen LogP contribution in [-0.4, -0.2) is 48.3 Å². The molecule has 1 aromatic heterocycles. The van der Waals surface area contributed by atoms with Crippen LogP contribution in [0.2, 0.25) is 0 Å². The molecule has 1 heterocycles. The van der Waals surface area contributed by atoms with Gasteiger partial charge in [-0.25, -0.2) is 4.98 Å². The maximum Gasteiger partial charge on any atom is 0.250 e. The molecule has 0 aliphatic carbocycles. The van der Waals surface area contributed by atoms with Crippen LogP contribution in [0.5, 0.6) is 17.2 Å². The maximum absolute atomic E-state index is 13.0. The van der Waals surface area contributed by atoms with Gasteiger partial charge in [0, 0.05) is 12.3 Å². The van der Waals surface area contributed by atoms with E-state index in [9.17, 15) is 14.7 Å². The van der Waals surface area contributed by atoms with Gasteiger partial charge in [0.25, 0.3) is 0 Å². The van der Waals surface area contributed by atoms with E-state index in [0.29, 0.717) is 41.8 Å². The SMILES string of the molecule is CCC[C@H](NC(=O)[C@@H](O)C(C)(C)C)C(=O)Nc1ncc(-c2ccccc2COc2ccc(OC)c(OC)c2)s1. The zero-order valence-corrected chi connectivity index (χ0v) is 24.1. The predicted octanol–water partition coefficient (Wildman–Crippen LogP) is 5.04. The second-order valence-corrected chi connectivity index (χ2v) is 11.1. The molecular weight excluding hydrogens is 518 g/mol. The highest BCUT2D eigenvalue weighted by atomic mass is 32.1. The van der Waals surface area contributed by atoms with Crippen LogP contribution in [0, 0.1) is 5.41 Å². The standard InChI is InChI=1S/C29H37N3O6S/c1-7-10-21(31-27(35)25(33)29(2,3)4)26(34)32-28-30-16-24(39-28)20-12-9-8-11-18(20)17-38-19-13-14-22(36-5)23(15-19)37-6/h8-9,11-16,21,25,33H,7,10,17H2,1-6H3,(H,31,35)(H,30,32,34)/t21-,25+/m0/s1. The fraction of sp³-hybridized carbons (Fsp3) is 0.414. The highest BCUT2D eigenvalue weighted by Gasteiger charge is 2.32. The average Bonchev–Trinajstić information content (AvgIpc) is 3.38. The molecule has 0 aliphatic heterocycles. The average molecular weight is 556 g/mol. The monoisotopic (exact) mass is 555 g/mol. The van der Waals surface area contributed by atoms with E-state index < -0.39 is 23.5 Å². The zero-order valence-electron chi connectivity index (χ0n) is 23.2. The first-order valence-electron chi connectivity index (χ1n) is 12.8. The minimum absolute atomic E-state index is 0.311. The number of aliphatic hydroxyl groups excluding tert-OH is 1. The second kappa shape index (κ2) is 13.4. The van der Waals surface area contributed by atoms with Gasteiger partial charge in [0.2, 0.25) is 11.8 Å². The summed E-state index contributed by atoms with van der Waals surface area (Å²) in [6.07, 6.45) is 1.59. The minimum Gasteiger partial charge on any atom is -0.493 e. The first-order valence-corrected chi connectivity index (χ1v) is 13.6. The van der Waals surface area contributed by atoms with Gasteiger partial charge in [-0.2, -0.15) is 0 Å². The van der Waals surface area contributed by atoms with Crippen molar-refractivity contribution in [3.8, 4) is 27.7 Å². The molecule has 0 unspecified atom stereocenters. The summed E-state index contributed by atoms with van der Waals surface area (Å²) in [7, 11) is 3.16. The molecular formula is C29H37N3O6S. The lowest BCUT2D eigenvalue weighted by molar-refractivity contribution is -0.137. The van der Waals surface area contributed by atoms with Gasteiger partial charge in [-0.3, -0.25) is 9.59 Å². The summed E-state index contributed by atoms with van der Waals surface area (Å²) in [6, 6.07) is 12.4. The molecule has 9 nitrogen and oxygen atoms in total. The van der Waals surface area contributed by atoms with Crippen molar-refractivity contribution in [3.05, 3.63) is 54.2 Å². The fourth-order valence-electron chi connectivity index (χ4n) is 3.80. The molecule has 0 aliphatic rings. The Labute approximate surface area is 233 Å². The number of benzene rings is 2. The van der Waals surface area contributed by atoms with Crippen LogP contribution < -0.4 is 24.8 Å². The molecule has 3 aromatic rings. The lowest BCUT2D eigenvalue weighted by Crippen LogP contribution is -2.50. The van der Waals surface area contributed by atoms with Gasteiger partial charge in [-0.15, -0.1) is 0 Å². The summed E-state index contributed by atoms with van der Waals surface area (Å²) in [5, 5.41) is 16.2. The van der Waals surface area contributed by atoms with Crippen molar-refractivity contribution < 1.29 is 28.9 Å². The van der Waals surface area contributed by atoms with E-state index in [2.05, 4.69) is 15.6 Å². The van der Waals surface area contributed by atoms with Gasteiger partial charge in [0.1, 0.15) is 24.5 Å². The van der Waals surface area contributed by atoms with Crippen molar-refractivity contribution in [1.82, 2.24) is 10.3 Å². The largest absolute Gasteiger partial charge is 0.493 e. The third kappa shape index (κ3) is 7.93. The van der Waals surface area contributed by atoms with E-state index in [1.54, 1.807) is 53.3 Å². The number of aliphatic hydroxyl groups is 1. The molecule has 3 N–H and O–H groups in total. The van der Waals surface area contributed by atoms with Crippen LogP contribution in [0.25, 0.3) is 10.4 Å². The molecule has 3 rings (SSSR count). The molecule has 2 amide bonds. The van der Waals surface area contributed by atoms with E-state index in [4.69, 9.17) is 14.2 Å². The Morgan fingerprint density at radius 1 is 1.05 bits per heavy atom. The van der Waals surface area contributed by atoms with Crippen molar-refractivity contribution >= 4 is 28.3 Å². The molecule has 0 spiro atoms. The van der Waals surface area contributed by atoms with Gasteiger partial charge in [0.05, 0.1) is 19.1 Å². The van der Waals surface area contributed by atoms with Crippen LogP contribution in [0.4, 0.5) is 5.13 Å². The lowest BCUT2D eigenvalue weighted by Gasteiger charge is -2.26. The molecule has 2 atom stereocenters. The first-order chi connectivity index (χ1) is 18.6. The van der Waals surface area contributed by atoms with Crippen molar-refractivity contribution in [2.75, 3.05) is 19.5 Å². The van der Waals surface area contributed by atoms with Crippen LogP contribution >= 0.6 is 11.3 Å². The van der Waals surface area contributed by atoms with E-state index in [-0.39, 0.29) is 5.91 Å². The number of amides is 2. The Hall–Kier alpha value is -3.63. The van der Waals surface area contributed by atoms with Crippen LogP contribution in [-0.2, 0) is 16.2 Å². The van der Waals surface area contributed by atoms with Gasteiger partial charge in [-0.1, -0.05) is 69.7 Å². The molecule has 210 valence electrons. The number of hydrogen-bond acceptors (Lipinski definition) is 8. The Kier molecular flexibility index (Phi) is 10.3. The molecule has 0 bridgehead atoms. The van der Waals surface area contributed by atoms with Crippen LogP contribution in [0.15, 0.2) is 48.7 Å². The number of rotatable bonds is 12. The topological polar surface area (TPSA) is 119 Å². The lowest BCUT2D eigenvalue weighted by atomic mass is 9.88. The minimum atomic E-state index is -1.23. The summed E-state index contributed by atoms with van der Waals surface area (Å²) < 4.78 is 16.7. The number of thiazole rings is 1. The Bertz CT molecular complexity index is 1270. The van der Waals surface area contributed by atoms with E-state index in [1.807, 2.05) is 37.3 Å². The second-order valence-electron chi connectivity index (χ2n) is 10.1. The fourth-order valence-corrected chi connectivity index (χ4v) is 4.68. The molecule has 0 saturated heterocycles. The number of hydrogen-bond donors (Lipinski definition) is 3. The summed E-state index contributed by atoms with van der Waals surface area (Å²) in [5.41, 5.74) is 1.24. The van der Waals surface area contributed by atoms with Gasteiger partial charge < -0.3 is 30.0 Å². The van der Waals surface area contributed by atoms with Crippen molar-refractivity contribution in [3.63, 3.8) is 0 Å². The number of nitrogens with zero attached hydrogens (tertiary/aromatic N) is 1. The summed E-state index contributed by atoms with van der Waals surface area (Å²) in [4.78, 5) is 30.8. The van der Waals surface area contributed by atoms with Gasteiger partial charge in [0.15, 0.2) is 16.6 Å². The summed E-state index contributed by atoms with van der Waals surface area (Å²) in [6.45, 7) is 7.53. The van der Waals surface area contributed by atoms with Crippen molar-refractivity contribution in [2.24, 2.45) is 5.41 Å². The van der Waals surface area contributed by atoms with E-state index in [1.165, 1.54) is 11.3 Å². The summed E-state index contributed by atoms with van der Waals surface area (Å²) >= 11 is 1.33. The Balaban J connectivity index is 1.71. The number of carbonyl (C=O) groups excluding carboxylic acids is 2. The number of methoxy groups -OCH3 is 2. The predicted molar refractivity (Wildman–Crippen MR) is 152 cm³/mol. The molecule has 0 saturated carbocycles. The van der Waals surface area contributed by atoms with Crippen LogP contribution in [0.3, 0.4) is 0 Å². The maximum atomic E-state index is 13.0. The quantitative estimate of drug-likeness (QED) is 0.287. The molecule has 39 heavy (non-hydrogen) atoms. The van der Waals surface area contributed by atoms with Gasteiger partial charge in [-0.05, 0) is 35.1 Å². The number of anilines is 1. The third-order valence-electron chi connectivity index (χ3n) is 6.05. The molecule has 2 aromatic carbocycles. The van der Waals surface area contributed by atoms with Gasteiger partial charge >= 0.3 is 0 Å². The first kappa shape index (κ1) is 29.9. The number of nitrogens with one attached hydrogen (secondary N) is 2. The molecule has 0 radical (unpaired) electrons. The summed E-state index contributed by atoms with van der Waals surface area (Å²) in [5.74, 6) is 0.893. The number of ether oxygens (including phenoxy) is 3. The van der Waals surface area contributed by atoms with Crippen molar-refractivity contribution in [1.29, 1.82) is 0 Å². The molecule has 0 fully saturated rings. The highest BCUT2D eigenvalue weighted by molar-refractivity contribution is 7.19. The number of aromatic nitrogens is 1.